The van der Waals surface area contributed by atoms with Gasteiger partial charge in [0.05, 0.1) is 6.07 Å². The Morgan fingerprint density at radius 2 is 2.37 bits per heavy atom. The van der Waals surface area contributed by atoms with Gasteiger partial charge in [0.15, 0.2) is 0 Å². The van der Waals surface area contributed by atoms with Crippen LogP contribution in [0, 0.1) is 18.3 Å². The van der Waals surface area contributed by atoms with Crippen molar-refractivity contribution in [3.8, 4) is 6.07 Å². The molecular formula is C18H21N7O2. The Morgan fingerprint density at radius 3 is 3.15 bits per heavy atom. The van der Waals surface area contributed by atoms with Crippen LogP contribution in [0.3, 0.4) is 0 Å². The predicted molar refractivity (Wildman–Crippen MR) is 101 cm³/mol. The third-order valence-electron chi connectivity index (χ3n) is 4.38. The standard InChI is InChI=1S/C18H21N7O2/c1-12-10-21-18(23-14-5-2-8-20-17(14)27)24-16(12)22-13-4-3-9-25(11-13)15(26)6-7-19/h2,5,8,10,13H,3-4,6,9,11H2,1H3,(H,20,27)(H2,21,22,23,24)/t13-/m1/s1. The highest BCUT2D eigenvalue weighted by Crippen LogP contribution is 2.19. The highest BCUT2D eigenvalue weighted by atomic mass is 16.2. The molecule has 2 aromatic rings. The van der Waals surface area contributed by atoms with Crippen LogP contribution in [0.25, 0.3) is 0 Å². The van der Waals surface area contributed by atoms with E-state index in [0.717, 1.165) is 18.4 Å². The number of likely N-dealkylation sites (tertiary alicyclic amines) is 1. The lowest BCUT2D eigenvalue weighted by Gasteiger charge is -2.33. The fourth-order valence-electron chi connectivity index (χ4n) is 2.98. The maximum Gasteiger partial charge on any atom is 0.271 e. The fourth-order valence-corrected chi connectivity index (χ4v) is 2.98. The summed E-state index contributed by atoms with van der Waals surface area (Å²) in [6.07, 6.45) is 4.90. The highest BCUT2D eigenvalue weighted by Gasteiger charge is 2.24. The lowest BCUT2D eigenvalue weighted by molar-refractivity contribution is -0.131. The number of aromatic nitrogens is 3. The number of H-pyrrole nitrogens is 1. The molecule has 27 heavy (non-hydrogen) atoms. The quantitative estimate of drug-likeness (QED) is 0.731. The molecular weight excluding hydrogens is 346 g/mol. The maximum absolute atomic E-state index is 12.0. The van der Waals surface area contributed by atoms with Gasteiger partial charge in [-0.25, -0.2) is 4.98 Å². The Hall–Kier alpha value is -3.41. The molecule has 1 atom stereocenters. The average molecular weight is 367 g/mol. The van der Waals surface area contributed by atoms with E-state index in [-0.39, 0.29) is 23.9 Å². The topological polar surface area (TPSA) is 127 Å². The fraction of sp³-hybridized carbons (Fsp3) is 0.389. The molecule has 1 fully saturated rings. The zero-order chi connectivity index (χ0) is 19.2. The summed E-state index contributed by atoms with van der Waals surface area (Å²) < 4.78 is 0. The monoisotopic (exact) mass is 367 g/mol. The highest BCUT2D eigenvalue weighted by molar-refractivity contribution is 5.78. The van der Waals surface area contributed by atoms with E-state index >= 15 is 0 Å². The molecule has 0 aromatic carbocycles. The lowest BCUT2D eigenvalue weighted by Crippen LogP contribution is -2.45. The van der Waals surface area contributed by atoms with Crippen molar-refractivity contribution in [2.75, 3.05) is 23.7 Å². The van der Waals surface area contributed by atoms with Crippen molar-refractivity contribution in [2.24, 2.45) is 0 Å². The number of carbonyl (C=O) groups excluding carboxylic acids is 1. The minimum atomic E-state index is -0.255. The first-order valence-corrected chi connectivity index (χ1v) is 8.76. The second kappa shape index (κ2) is 8.31. The van der Waals surface area contributed by atoms with Gasteiger partial charge in [0, 0.05) is 37.1 Å². The van der Waals surface area contributed by atoms with Crippen LogP contribution in [0.15, 0.2) is 29.3 Å². The van der Waals surface area contributed by atoms with Crippen molar-refractivity contribution in [3.63, 3.8) is 0 Å². The number of nitrogens with zero attached hydrogens (tertiary/aromatic N) is 4. The molecule has 3 N–H and O–H groups in total. The summed E-state index contributed by atoms with van der Waals surface area (Å²) in [5.74, 6) is 0.821. The molecule has 0 aliphatic carbocycles. The Morgan fingerprint density at radius 1 is 1.52 bits per heavy atom. The zero-order valence-corrected chi connectivity index (χ0v) is 15.0. The van der Waals surface area contributed by atoms with Crippen molar-refractivity contribution < 1.29 is 4.79 Å². The number of piperidine rings is 1. The molecule has 1 amide bonds. The van der Waals surface area contributed by atoms with Gasteiger partial charge in [-0.15, -0.1) is 0 Å². The third-order valence-corrected chi connectivity index (χ3v) is 4.38. The number of nitriles is 1. The van der Waals surface area contributed by atoms with E-state index in [1.165, 1.54) is 0 Å². The van der Waals surface area contributed by atoms with Gasteiger partial charge in [-0.3, -0.25) is 9.59 Å². The lowest BCUT2D eigenvalue weighted by atomic mass is 10.1. The Kier molecular flexibility index (Phi) is 5.66. The van der Waals surface area contributed by atoms with Crippen LogP contribution < -0.4 is 16.2 Å². The Labute approximate surface area is 156 Å². The van der Waals surface area contributed by atoms with Crippen molar-refractivity contribution in [1.82, 2.24) is 19.9 Å². The van der Waals surface area contributed by atoms with Gasteiger partial charge in [0.1, 0.15) is 17.9 Å². The summed E-state index contributed by atoms with van der Waals surface area (Å²) in [6.45, 7) is 3.10. The first-order valence-electron chi connectivity index (χ1n) is 8.76. The molecule has 140 valence electrons. The van der Waals surface area contributed by atoms with E-state index in [4.69, 9.17) is 5.26 Å². The number of aromatic amines is 1. The van der Waals surface area contributed by atoms with Crippen molar-refractivity contribution >= 4 is 23.4 Å². The first kappa shape index (κ1) is 18.4. The van der Waals surface area contributed by atoms with Gasteiger partial charge in [0.2, 0.25) is 11.9 Å². The number of aryl methyl sites for hydroxylation is 1. The number of rotatable bonds is 5. The average Bonchev–Trinajstić information content (AvgIpc) is 2.67. The molecule has 3 rings (SSSR count). The number of amides is 1. The smallest absolute Gasteiger partial charge is 0.271 e. The number of anilines is 3. The number of carbonyl (C=O) groups is 1. The Balaban J connectivity index is 1.71. The van der Waals surface area contributed by atoms with Crippen LogP contribution in [-0.4, -0.2) is 44.9 Å². The summed E-state index contributed by atoms with van der Waals surface area (Å²) in [5, 5.41) is 15.0. The molecule has 3 heterocycles. The molecule has 9 nitrogen and oxygen atoms in total. The zero-order valence-electron chi connectivity index (χ0n) is 15.0. The third kappa shape index (κ3) is 4.61. The largest absolute Gasteiger partial charge is 0.365 e. The molecule has 1 aliphatic heterocycles. The van der Waals surface area contributed by atoms with Crippen LogP contribution in [0.4, 0.5) is 17.5 Å². The minimum absolute atomic E-state index is 0.0444. The summed E-state index contributed by atoms with van der Waals surface area (Å²) in [7, 11) is 0. The Bertz CT molecular complexity index is 918. The molecule has 9 heteroatoms. The molecule has 2 aromatic heterocycles. The van der Waals surface area contributed by atoms with E-state index in [1.54, 1.807) is 29.4 Å². The van der Waals surface area contributed by atoms with Crippen molar-refractivity contribution in [1.29, 1.82) is 5.26 Å². The van der Waals surface area contributed by atoms with Gasteiger partial charge in [-0.05, 0) is 31.9 Å². The molecule has 0 unspecified atom stereocenters. The number of pyridine rings is 1. The normalized spacial score (nSPS) is 16.4. The van der Waals surface area contributed by atoms with Crippen LogP contribution >= 0.6 is 0 Å². The summed E-state index contributed by atoms with van der Waals surface area (Å²) in [6, 6.07) is 5.31. The second-order valence-electron chi connectivity index (χ2n) is 6.42. The SMILES string of the molecule is Cc1cnc(Nc2ccc[nH]c2=O)nc1N[C@@H]1CCCN(C(=O)CC#N)C1. The molecule has 1 saturated heterocycles. The minimum Gasteiger partial charge on any atom is -0.365 e. The molecule has 0 bridgehead atoms. The van der Waals surface area contributed by atoms with Crippen LogP contribution in [-0.2, 0) is 4.79 Å². The van der Waals surface area contributed by atoms with Crippen LogP contribution in [0.2, 0.25) is 0 Å². The van der Waals surface area contributed by atoms with Crippen LogP contribution in [0.5, 0.6) is 0 Å². The van der Waals surface area contributed by atoms with Crippen molar-refractivity contribution in [3.05, 3.63) is 40.4 Å². The molecule has 0 radical (unpaired) electrons. The van der Waals surface area contributed by atoms with Gasteiger partial charge in [0.25, 0.3) is 5.56 Å². The molecule has 0 saturated carbocycles. The van der Waals surface area contributed by atoms with Crippen molar-refractivity contribution in [2.45, 2.75) is 32.2 Å². The van der Waals surface area contributed by atoms with Gasteiger partial charge in [-0.2, -0.15) is 10.2 Å². The van der Waals surface area contributed by atoms with E-state index in [0.29, 0.717) is 30.5 Å². The molecule has 1 aliphatic rings. The first-order chi connectivity index (χ1) is 13.1. The van der Waals surface area contributed by atoms with Gasteiger partial charge < -0.3 is 20.5 Å². The number of hydrogen-bond acceptors (Lipinski definition) is 7. The molecule has 0 spiro atoms. The summed E-state index contributed by atoms with van der Waals surface area (Å²) >= 11 is 0. The number of nitrogens with one attached hydrogen (secondary N) is 3. The van der Waals surface area contributed by atoms with E-state index in [2.05, 4.69) is 25.6 Å². The van der Waals surface area contributed by atoms with E-state index < -0.39 is 0 Å². The van der Waals surface area contributed by atoms with Crippen LogP contribution in [0.1, 0.15) is 24.8 Å². The van der Waals surface area contributed by atoms with Gasteiger partial charge >= 0.3 is 0 Å². The van der Waals surface area contributed by atoms with Gasteiger partial charge in [-0.1, -0.05) is 0 Å². The predicted octanol–water partition coefficient (Wildman–Crippen LogP) is 1.53. The summed E-state index contributed by atoms with van der Waals surface area (Å²) in [4.78, 5) is 36.7. The summed E-state index contributed by atoms with van der Waals surface area (Å²) in [5.41, 5.74) is 0.969. The van der Waals surface area contributed by atoms with E-state index in [1.807, 2.05) is 13.0 Å². The van der Waals surface area contributed by atoms with E-state index in [9.17, 15) is 9.59 Å². The second-order valence-corrected chi connectivity index (χ2v) is 6.42. The number of hydrogen-bond donors (Lipinski definition) is 3. The maximum atomic E-state index is 12.0.